The first-order valence-corrected chi connectivity index (χ1v) is 12.0. The lowest BCUT2D eigenvalue weighted by molar-refractivity contribution is 0.877. The van der Waals surface area contributed by atoms with Gasteiger partial charge in [-0.15, -0.1) is 11.8 Å². The van der Waals surface area contributed by atoms with Gasteiger partial charge in [0, 0.05) is 39.1 Å². The summed E-state index contributed by atoms with van der Waals surface area (Å²) in [5.41, 5.74) is 3.42. The van der Waals surface area contributed by atoms with E-state index in [1.54, 1.807) is 42.0 Å². The first-order valence-electron chi connectivity index (χ1n) is 10.2. The lowest BCUT2D eigenvalue weighted by Crippen LogP contribution is -2.15. The Kier molecular flexibility index (Phi) is 6.09. The van der Waals surface area contributed by atoms with Crippen LogP contribution in [-0.4, -0.2) is 25.3 Å². The Labute approximate surface area is 193 Å². The van der Waals surface area contributed by atoms with Crippen LogP contribution in [0.15, 0.2) is 111 Å². The lowest BCUT2D eigenvalue weighted by Gasteiger charge is -2.06. The SMILES string of the molecule is O=c1cc(CCSc2ccccn2)[nH]c2c(-c3ccc(Sc4ccccc4)cc3)cnn12. The summed E-state index contributed by atoms with van der Waals surface area (Å²) in [6, 6.07) is 26.1. The zero-order chi connectivity index (χ0) is 21.8. The van der Waals surface area contributed by atoms with Crippen LogP contribution in [0.25, 0.3) is 16.8 Å². The number of pyridine rings is 1. The molecule has 5 aromatic rings. The minimum atomic E-state index is -0.126. The first-order chi connectivity index (χ1) is 15.8. The Morgan fingerprint density at radius 3 is 2.47 bits per heavy atom. The van der Waals surface area contributed by atoms with Crippen molar-refractivity contribution in [2.45, 2.75) is 21.2 Å². The molecule has 0 fully saturated rings. The molecule has 0 radical (unpaired) electrons. The molecule has 0 bridgehead atoms. The van der Waals surface area contributed by atoms with Crippen LogP contribution in [0.3, 0.4) is 0 Å². The zero-order valence-electron chi connectivity index (χ0n) is 17.1. The van der Waals surface area contributed by atoms with E-state index in [1.165, 1.54) is 9.41 Å². The Bertz CT molecular complexity index is 1380. The van der Waals surface area contributed by atoms with E-state index in [0.29, 0.717) is 0 Å². The number of fused-ring (bicyclic) bond motifs is 1. The van der Waals surface area contributed by atoms with Gasteiger partial charge in [-0.3, -0.25) is 4.79 Å². The number of benzene rings is 2. The van der Waals surface area contributed by atoms with E-state index in [1.807, 2.05) is 36.4 Å². The quantitative estimate of drug-likeness (QED) is 0.324. The van der Waals surface area contributed by atoms with Gasteiger partial charge < -0.3 is 4.98 Å². The topological polar surface area (TPSA) is 63.0 Å². The average molecular weight is 457 g/mol. The van der Waals surface area contributed by atoms with E-state index < -0.39 is 0 Å². The summed E-state index contributed by atoms with van der Waals surface area (Å²) in [7, 11) is 0. The smallest absolute Gasteiger partial charge is 0.274 e. The molecular weight excluding hydrogens is 436 g/mol. The minimum Gasteiger partial charge on any atom is -0.343 e. The molecule has 0 aliphatic rings. The van der Waals surface area contributed by atoms with Gasteiger partial charge in [-0.1, -0.05) is 48.2 Å². The van der Waals surface area contributed by atoms with Crippen molar-refractivity contribution in [3.05, 3.63) is 107 Å². The van der Waals surface area contributed by atoms with Crippen LogP contribution in [0, 0.1) is 0 Å². The molecule has 3 heterocycles. The van der Waals surface area contributed by atoms with Crippen molar-refractivity contribution in [3.8, 4) is 11.1 Å². The highest BCUT2D eigenvalue weighted by molar-refractivity contribution is 7.99. The van der Waals surface area contributed by atoms with Crippen molar-refractivity contribution in [1.29, 1.82) is 0 Å². The highest BCUT2D eigenvalue weighted by Crippen LogP contribution is 2.30. The Morgan fingerprint density at radius 1 is 0.906 bits per heavy atom. The largest absolute Gasteiger partial charge is 0.343 e. The number of nitrogens with zero attached hydrogens (tertiary/aromatic N) is 3. The summed E-state index contributed by atoms with van der Waals surface area (Å²) in [6.45, 7) is 0. The molecule has 158 valence electrons. The van der Waals surface area contributed by atoms with Gasteiger partial charge in [-0.2, -0.15) is 9.61 Å². The fourth-order valence-electron chi connectivity index (χ4n) is 3.41. The number of aromatic nitrogens is 4. The summed E-state index contributed by atoms with van der Waals surface area (Å²) in [6.07, 6.45) is 4.28. The maximum atomic E-state index is 12.6. The molecule has 2 aromatic carbocycles. The summed E-state index contributed by atoms with van der Waals surface area (Å²) >= 11 is 3.40. The van der Waals surface area contributed by atoms with Gasteiger partial charge >= 0.3 is 0 Å². The van der Waals surface area contributed by atoms with Crippen molar-refractivity contribution in [2.24, 2.45) is 0 Å². The summed E-state index contributed by atoms with van der Waals surface area (Å²) in [5, 5.41) is 5.29. The lowest BCUT2D eigenvalue weighted by atomic mass is 10.1. The molecule has 0 aliphatic carbocycles. The van der Waals surface area contributed by atoms with Gasteiger partial charge in [0.1, 0.15) is 5.65 Å². The van der Waals surface area contributed by atoms with Crippen LogP contribution in [0.1, 0.15) is 5.69 Å². The Hall–Kier alpha value is -3.29. The fraction of sp³-hybridized carbons (Fsp3) is 0.0800. The van der Waals surface area contributed by atoms with Crippen LogP contribution in [0.4, 0.5) is 0 Å². The standard InChI is InChI=1S/C25H20N4OS2/c30-24-16-19(13-15-31-23-8-4-5-14-26-23)28-25-22(17-27-29(24)25)18-9-11-21(12-10-18)32-20-6-2-1-3-7-20/h1-12,14,16-17,28H,13,15H2. The Balaban J connectivity index is 1.36. The van der Waals surface area contributed by atoms with Crippen molar-refractivity contribution < 1.29 is 0 Å². The molecule has 0 spiro atoms. The molecule has 3 aromatic heterocycles. The highest BCUT2D eigenvalue weighted by atomic mass is 32.2. The van der Waals surface area contributed by atoms with E-state index in [0.717, 1.165) is 44.6 Å². The highest BCUT2D eigenvalue weighted by Gasteiger charge is 2.11. The van der Waals surface area contributed by atoms with Crippen LogP contribution in [0.2, 0.25) is 0 Å². The molecule has 0 atom stereocenters. The molecule has 0 saturated heterocycles. The second kappa shape index (κ2) is 9.46. The summed E-state index contributed by atoms with van der Waals surface area (Å²) in [4.78, 5) is 22.7. The predicted molar refractivity (Wildman–Crippen MR) is 130 cm³/mol. The first kappa shape index (κ1) is 20.6. The van der Waals surface area contributed by atoms with Crippen LogP contribution >= 0.6 is 23.5 Å². The molecule has 0 unspecified atom stereocenters. The van der Waals surface area contributed by atoms with Gasteiger partial charge in [0.25, 0.3) is 5.56 Å². The summed E-state index contributed by atoms with van der Waals surface area (Å²) in [5.74, 6) is 0.831. The van der Waals surface area contributed by atoms with Crippen molar-refractivity contribution in [1.82, 2.24) is 19.6 Å². The molecular formula is C25H20N4OS2. The maximum absolute atomic E-state index is 12.6. The number of nitrogens with one attached hydrogen (secondary N) is 1. The van der Waals surface area contributed by atoms with E-state index >= 15 is 0 Å². The van der Waals surface area contributed by atoms with E-state index in [4.69, 9.17) is 0 Å². The van der Waals surface area contributed by atoms with Gasteiger partial charge in [-0.05, 0) is 48.4 Å². The van der Waals surface area contributed by atoms with Gasteiger partial charge in [0.2, 0.25) is 0 Å². The van der Waals surface area contributed by atoms with Crippen molar-refractivity contribution in [2.75, 3.05) is 5.75 Å². The summed E-state index contributed by atoms with van der Waals surface area (Å²) < 4.78 is 1.43. The number of rotatable bonds is 7. The van der Waals surface area contributed by atoms with Gasteiger partial charge in [-0.25, -0.2) is 4.98 Å². The van der Waals surface area contributed by atoms with Crippen molar-refractivity contribution >= 4 is 29.2 Å². The average Bonchev–Trinajstić information content (AvgIpc) is 3.26. The third-order valence-electron chi connectivity index (χ3n) is 4.96. The molecule has 0 amide bonds. The fourth-order valence-corrected chi connectivity index (χ4v) is 5.08. The van der Waals surface area contributed by atoms with Crippen LogP contribution in [0.5, 0.6) is 0 Å². The zero-order valence-corrected chi connectivity index (χ0v) is 18.8. The van der Waals surface area contributed by atoms with E-state index in [9.17, 15) is 4.79 Å². The molecule has 7 heteroatoms. The monoisotopic (exact) mass is 456 g/mol. The minimum absolute atomic E-state index is 0.126. The second-order valence-electron chi connectivity index (χ2n) is 7.16. The number of aryl methyl sites for hydroxylation is 1. The van der Waals surface area contributed by atoms with Gasteiger partial charge in [0.15, 0.2) is 0 Å². The Morgan fingerprint density at radius 2 is 1.69 bits per heavy atom. The van der Waals surface area contributed by atoms with E-state index in [-0.39, 0.29) is 5.56 Å². The maximum Gasteiger partial charge on any atom is 0.274 e. The van der Waals surface area contributed by atoms with E-state index in [2.05, 4.69) is 51.5 Å². The molecule has 32 heavy (non-hydrogen) atoms. The van der Waals surface area contributed by atoms with Crippen LogP contribution < -0.4 is 5.56 Å². The normalized spacial score (nSPS) is 11.1. The number of thioether (sulfide) groups is 1. The third-order valence-corrected chi connectivity index (χ3v) is 6.92. The number of H-pyrrole nitrogens is 1. The number of aromatic amines is 1. The predicted octanol–water partition coefficient (Wildman–Crippen LogP) is 5.57. The number of hydrogen-bond acceptors (Lipinski definition) is 5. The molecule has 0 saturated carbocycles. The number of hydrogen-bond donors (Lipinski definition) is 1. The van der Waals surface area contributed by atoms with Crippen molar-refractivity contribution in [3.63, 3.8) is 0 Å². The second-order valence-corrected chi connectivity index (χ2v) is 9.42. The van der Waals surface area contributed by atoms with Gasteiger partial charge in [0.05, 0.1) is 11.2 Å². The molecule has 0 aliphatic heterocycles. The third kappa shape index (κ3) is 4.64. The molecule has 5 rings (SSSR count). The van der Waals surface area contributed by atoms with Crippen LogP contribution in [-0.2, 0) is 6.42 Å². The molecule has 1 N–H and O–H groups in total. The molecule has 5 nitrogen and oxygen atoms in total.